The lowest BCUT2D eigenvalue weighted by Crippen LogP contribution is -2.09. The van der Waals surface area contributed by atoms with Gasteiger partial charge >= 0.3 is 5.97 Å². The third-order valence-corrected chi connectivity index (χ3v) is 2.96. The predicted octanol–water partition coefficient (Wildman–Crippen LogP) is 2.50. The first-order chi connectivity index (χ1) is 7.25. The Labute approximate surface area is 88.3 Å². The van der Waals surface area contributed by atoms with Crippen LogP contribution in [0.4, 0.5) is 0 Å². The van der Waals surface area contributed by atoms with Crippen molar-refractivity contribution in [2.75, 3.05) is 0 Å². The molecule has 1 aliphatic carbocycles. The molecule has 15 heavy (non-hydrogen) atoms. The molecular weight excluding hydrogens is 194 g/mol. The van der Waals surface area contributed by atoms with E-state index in [-0.39, 0.29) is 5.69 Å². The van der Waals surface area contributed by atoms with Gasteiger partial charge in [-0.25, -0.2) is 9.78 Å². The van der Waals surface area contributed by atoms with Crippen LogP contribution in [0, 0.1) is 5.92 Å². The maximum Gasteiger partial charge on any atom is 0.357 e. The summed E-state index contributed by atoms with van der Waals surface area (Å²) >= 11 is 0. The standard InChI is InChI=1S/C11H15NO3/c13-11(14)9-7-15-10(12-9)6-8-4-2-1-3-5-8/h7-8H,1-6H2,(H,13,14). The first kappa shape index (κ1) is 10.2. The van der Waals surface area contributed by atoms with Crippen molar-refractivity contribution >= 4 is 5.97 Å². The number of oxazole rings is 1. The minimum Gasteiger partial charge on any atom is -0.476 e. The van der Waals surface area contributed by atoms with E-state index in [0.717, 1.165) is 6.42 Å². The molecule has 82 valence electrons. The zero-order valence-corrected chi connectivity index (χ0v) is 8.61. The van der Waals surface area contributed by atoms with E-state index in [9.17, 15) is 4.79 Å². The molecule has 1 aromatic heterocycles. The molecule has 0 atom stereocenters. The summed E-state index contributed by atoms with van der Waals surface area (Å²) in [6, 6.07) is 0. The molecule has 1 aliphatic rings. The summed E-state index contributed by atoms with van der Waals surface area (Å²) in [7, 11) is 0. The SMILES string of the molecule is O=C(O)c1coc(CC2CCCCC2)n1. The lowest BCUT2D eigenvalue weighted by molar-refractivity contribution is 0.0690. The summed E-state index contributed by atoms with van der Waals surface area (Å²) in [5, 5.41) is 8.68. The highest BCUT2D eigenvalue weighted by molar-refractivity contribution is 5.84. The second-order valence-corrected chi connectivity index (χ2v) is 4.14. The average molecular weight is 209 g/mol. The molecule has 0 bridgehead atoms. The molecule has 1 heterocycles. The van der Waals surface area contributed by atoms with Crippen LogP contribution in [0.25, 0.3) is 0 Å². The van der Waals surface area contributed by atoms with Crippen molar-refractivity contribution in [2.45, 2.75) is 38.5 Å². The molecule has 4 nitrogen and oxygen atoms in total. The fourth-order valence-electron chi connectivity index (χ4n) is 2.14. The van der Waals surface area contributed by atoms with E-state index < -0.39 is 5.97 Å². The van der Waals surface area contributed by atoms with Crippen LogP contribution in [0.1, 0.15) is 48.5 Å². The molecule has 1 fully saturated rings. The number of carbonyl (C=O) groups is 1. The van der Waals surface area contributed by atoms with Gasteiger partial charge in [-0.15, -0.1) is 0 Å². The highest BCUT2D eigenvalue weighted by Gasteiger charge is 2.17. The van der Waals surface area contributed by atoms with Gasteiger partial charge in [-0.1, -0.05) is 19.3 Å². The van der Waals surface area contributed by atoms with Gasteiger partial charge in [-0.05, 0) is 18.8 Å². The fourth-order valence-corrected chi connectivity index (χ4v) is 2.14. The number of aromatic nitrogens is 1. The maximum absolute atomic E-state index is 10.6. The predicted molar refractivity (Wildman–Crippen MR) is 53.7 cm³/mol. The molecule has 0 unspecified atom stereocenters. The van der Waals surface area contributed by atoms with E-state index in [2.05, 4.69) is 4.98 Å². The van der Waals surface area contributed by atoms with Crippen molar-refractivity contribution in [3.8, 4) is 0 Å². The summed E-state index contributed by atoms with van der Waals surface area (Å²) in [4.78, 5) is 14.5. The Hall–Kier alpha value is -1.32. The van der Waals surface area contributed by atoms with Crippen LogP contribution >= 0.6 is 0 Å². The van der Waals surface area contributed by atoms with E-state index in [1.807, 2.05) is 0 Å². The van der Waals surface area contributed by atoms with Gasteiger partial charge in [0.2, 0.25) is 0 Å². The molecule has 1 saturated carbocycles. The van der Waals surface area contributed by atoms with Crippen LogP contribution in [-0.2, 0) is 6.42 Å². The number of aromatic carboxylic acids is 1. The molecular formula is C11H15NO3. The van der Waals surface area contributed by atoms with Crippen molar-refractivity contribution < 1.29 is 14.3 Å². The van der Waals surface area contributed by atoms with Crippen molar-refractivity contribution in [3.05, 3.63) is 17.8 Å². The number of carboxylic acids is 1. The largest absolute Gasteiger partial charge is 0.476 e. The normalized spacial score (nSPS) is 17.9. The Morgan fingerprint density at radius 2 is 2.20 bits per heavy atom. The summed E-state index contributed by atoms with van der Waals surface area (Å²) in [5.41, 5.74) is 0.0146. The molecule has 4 heteroatoms. The van der Waals surface area contributed by atoms with E-state index in [4.69, 9.17) is 9.52 Å². The summed E-state index contributed by atoms with van der Waals surface area (Å²) in [5.74, 6) is 0.173. The molecule has 2 rings (SSSR count). The first-order valence-electron chi connectivity index (χ1n) is 5.43. The minimum atomic E-state index is -1.02. The van der Waals surface area contributed by atoms with Gasteiger partial charge < -0.3 is 9.52 Å². The Morgan fingerprint density at radius 3 is 2.80 bits per heavy atom. The zero-order valence-electron chi connectivity index (χ0n) is 8.61. The molecule has 1 N–H and O–H groups in total. The number of carboxylic acid groups (broad SMARTS) is 1. The second-order valence-electron chi connectivity index (χ2n) is 4.14. The van der Waals surface area contributed by atoms with Crippen LogP contribution in [0.15, 0.2) is 10.7 Å². The average Bonchev–Trinajstić information content (AvgIpc) is 2.68. The molecule has 0 saturated heterocycles. The zero-order chi connectivity index (χ0) is 10.7. The van der Waals surface area contributed by atoms with Gasteiger partial charge in [0, 0.05) is 6.42 Å². The number of nitrogens with zero attached hydrogens (tertiary/aromatic N) is 1. The van der Waals surface area contributed by atoms with Crippen LogP contribution in [0.3, 0.4) is 0 Å². The molecule has 0 aliphatic heterocycles. The number of hydrogen-bond acceptors (Lipinski definition) is 3. The van der Waals surface area contributed by atoms with E-state index in [1.165, 1.54) is 38.4 Å². The maximum atomic E-state index is 10.6. The third kappa shape index (κ3) is 2.58. The van der Waals surface area contributed by atoms with E-state index >= 15 is 0 Å². The van der Waals surface area contributed by atoms with Gasteiger partial charge in [-0.3, -0.25) is 0 Å². The van der Waals surface area contributed by atoms with E-state index in [0.29, 0.717) is 11.8 Å². The van der Waals surface area contributed by atoms with Crippen LogP contribution in [0.5, 0.6) is 0 Å². The molecule has 0 aromatic carbocycles. The summed E-state index contributed by atoms with van der Waals surface area (Å²) < 4.78 is 5.14. The van der Waals surface area contributed by atoms with Gasteiger partial charge in [-0.2, -0.15) is 0 Å². The molecule has 1 aromatic rings. The van der Waals surface area contributed by atoms with Gasteiger partial charge in [0.05, 0.1) is 0 Å². The Bertz CT molecular complexity index is 339. The van der Waals surface area contributed by atoms with Crippen molar-refractivity contribution in [3.63, 3.8) is 0 Å². The highest BCUT2D eigenvalue weighted by atomic mass is 16.4. The van der Waals surface area contributed by atoms with Crippen molar-refractivity contribution in [1.29, 1.82) is 0 Å². The lowest BCUT2D eigenvalue weighted by atomic mass is 9.87. The van der Waals surface area contributed by atoms with Crippen molar-refractivity contribution in [2.24, 2.45) is 5.92 Å². The van der Waals surface area contributed by atoms with Gasteiger partial charge in [0.1, 0.15) is 6.26 Å². The van der Waals surface area contributed by atoms with Gasteiger partial charge in [0.15, 0.2) is 11.6 Å². The number of rotatable bonds is 3. The topological polar surface area (TPSA) is 63.3 Å². The fraction of sp³-hybridized carbons (Fsp3) is 0.636. The summed E-state index contributed by atoms with van der Waals surface area (Å²) in [6.07, 6.45) is 8.31. The minimum absolute atomic E-state index is 0.0146. The van der Waals surface area contributed by atoms with Crippen LogP contribution in [-0.4, -0.2) is 16.1 Å². The Kier molecular flexibility index (Phi) is 3.04. The lowest BCUT2D eigenvalue weighted by Gasteiger charge is -2.19. The van der Waals surface area contributed by atoms with Gasteiger partial charge in [0.25, 0.3) is 0 Å². The second kappa shape index (κ2) is 4.47. The first-order valence-corrected chi connectivity index (χ1v) is 5.43. The monoisotopic (exact) mass is 209 g/mol. The molecule has 0 amide bonds. The van der Waals surface area contributed by atoms with Crippen LogP contribution in [0.2, 0.25) is 0 Å². The highest BCUT2D eigenvalue weighted by Crippen LogP contribution is 2.26. The Morgan fingerprint density at radius 1 is 1.47 bits per heavy atom. The van der Waals surface area contributed by atoms with Crippen molar-refractivity contribution in [1.82, 2.24) is 4.98 Å². The quantitative estimate of drug-likeness (QED) is 0.830. The Balaban J connectivity index is 1.94. The third-order valence-electron chi connectivity index (χ3n) is 2.96. The smallest absolute Gasteiger partial charge is 0.357 e. The number of hydrogen-bond donors (Lipinski definition) is 1. The van der Waals surface area contributed by atoms with E-state index in [1.54, 1.807) is 0 Å². The molecule has 0 spiro atoms. The van der Waals surface area contributed by atoms with Crippen LogP contribution < -0.4 is 0 Å². The molecule has 0 radical (unpaired) electrons. The summed E-state index contributed by atoms with van der Waals surface area (Å²) in [6.45, 7) is 0.